The number of ether oxygens (including phenoxy) is 8. The van der Waals surface area contributed by atoms with Gasteiger partial charge in [0, 0.05) is 147 Å². The van der Waals surface area contributed by atoms with E-state index >= 15 is 0 Å². The van der Waals surface area contributed by atoms with Crippen molar-refractivity contribution in [2.24, 2.45) is 0 Å². The van der Waals surface area contributed by atoms with Gasteiger partial charge in [0.05, 0.1) is 0 Å². The van der Waals surface area contributed by atoms with Crippen LogP contribution in [0.15, 0.2) is 170 Å². The average Bonchev–Trinajstić information content (AvgIpc) is 1.62. The lowest BCUT2D eigenvalue weighted by Gasteiger charge is -2.14. The van der Waals surface area contributed by atoms with Gasteiger partial charge in [-0.25, -0.2) is 29.9 Å². The number of aromatic amines is 2. The van der Waals surface area contributed by atoms with Crippen LogP contribution < -0.4 is 57.5 Å². The molecule has 466 valence electrons. The Labute approximate surface area is 532 Å². The van der Waals surface area contributed by atoms with Crippen molar-refractivity contribution in [3.05, 3.63) is 170 Å². The van der Waals surface area contributed by atoms with E-state index in [0.29, 0.717) is 106 Å². The average molecular weight is 1230 g/mol. The molecule has 0 saturated carbocycles. The van der Waals surface area contributed by atoms with Crippen LogP contribution in [0, 0.1) is 0 Å². The summed E-state index contributed by atoms with van der Waals surface area (Å²) in [4.78, 5) is 47.0. The molecule has 8 bridgehead atoms. The quantitative estimate of drug-likeness (QED) is 0.0542. The molecule has 92 heavy (non-hydrogen) atoms. The summed E-state index contributed by atoms with van der Waals surface area (Å²) < 4.78 is 50.0. The van der Waals surface area contributed by atoms with Crippen LogP contribution in [0.5, 0.6) is 46.0 Å². The Hall–Kier alpha value is -11.3. The first kappa shape index (κ1) is 59.7. The zero-order chi connectivity index (χ0) is 63.2. The molecule has 13 rings (SSSR count). The number of benzene rings is 8. The topological polar surface area (TPSA) is 196 Å². The number of aromatic nitrogens is 8. The van der Waals surface area contributed by atoms with Crippen molar-refractivity contribution in [3.8, 4) is 91.5 Å². The third-order valence-corrected chi connectivity index (χ3v) is 15.5. The van der Waals surface area contributed by atoms with E-state index in [-0.39, 0.29) is 26.4 Å². The fourth-order valence-corrected chi connectivity index (χ4v) is 10.8. The number of hydrogen-bond acceptors (Lipinski definition) is 18. The molecule has 2 aliphatic heterocycles. The van der Waals surface area contributed by atoms with E-state index in [4.69, 9.17) is 67.8 Å². The molecule has 20 heteroatoms. The molecule has 0 radical (unpaired) electrons. The zero-order valence-electron chi connectivity index (χ0n) is 52.6. The van der Waals surface area contributed by atoms with Gasteiger partial charge in [-0.1, -0.05) is 24.3 Å². The lowest BCUT2D eigenvalue weighted by Crippen LogP contribution is -2.11. The zero-order valence-corrected chi connectivity index (χ0v) is 52.6. The highest BCUT2D eigenvalue weighted by molar-refractivity contribution is 6.07. The van der Waals surface area contributed by atoms with Crippen LogP contribution in [-0.4, -0.2) is 149 Å². The number of H-pyrrole nitrogens is 2. The van der Waals surface area contributed by atoms with Crippen molar-refractivity contribution >= 4 is 66.9 Å². The van der Waals surface area contributed by atoms with E-state index in [0.717, 1.165) is 78.4 Å². The standard InChI is InChI=1S/C72H70N12O8/c1-81(2)45-13-9-17-49(37-45)85-29-33-89-53-21-25-57-61(41-53)69-73-65(57)78-70-63-43-55(91-35-31-87-51-19-11-15-47(39-51)83(5)6)23-27-59(63)67(75-70)80-72-64-44-56(92-36-32-88-52-20-12-16-48(40-52)84(7)8)24-28-60(64)68(76-72)79-71-62-42-54(22-26-58(62)66(74-71)77-69)90-34-30-86-50-18-10-14-46(38-50)82(3)4/h9-28,37-44H,29-36H2,1-8H3,(H2,73,74,75,76,77,78,79,80). The highest BCUT2D eigenvalue weighted by atomic mass is 16.5. The molecular weight excluding hydrogens is 1160 g/mol. The van der Waals surface area contributed by atoms with Crippen molar-refractivity contribution in [1.29, 1.82) is 0 Å². The van der Waals surface area contributed by atoms with E-state index in [1.165, 1.54) is 0 Å². The predicted octanol–water partition coefficient (Wildman–Crippen LogP) is 13.0. The molecule has 0 fully saturated rings. The summed E-state index contributed by atoms with van der Waals surface area (Å²) in [5, 5.41) is 3.00. The fraction of sp³-hybridized carbons (Fsp3) is 0.222. The molecule has 8 aromatic carbocycles. The number of nitrogens with one attached hydrogen (secondary N) is 2. The summed E-state index contributed by atoms with van der Waals surface area (Å²) in [5.74, 6) is 7.07. The number of rotatable bonds is 24. The van der Waals surface area contributed by atoms with Gasteiger partial charge in [0.15, 0.2) is 23.3 Å². The smallest absolute Gasteiger partial charge is 0.164 e. The van der Waals surface area contributed by atoms with E-state index < -0.39 is 0 Å². The Morgan fingerprint density at radius 3 is 0.793 bits per heavy atom. The molecule has 2 aliphatic rings. The number of hydrogen-bond donors (Lipinski definition) is 2. The van der Waals surface area contributed by atoms with E-state index in [1.54, 1.807) is 0 Å². The van der Waals surface area contributed by atoms with Gasteiger partial charge >= 0.3 is 0 Å². The molecule has 0 spiro atoms. The summed E-state index contributed by atoms with van der Waals surface area (Å²) in [6.07, 6.45) is 0. The minimum atomic E-state index is 0.283. The molecule has 0 atom stereocenters. The van der Waals surface area contributed by atoms with Gasteiger partial charge in [0.1, 0.15) is 121 Å². The van der Waals surface area contributed by atoms with Crippen LogP contribution in [0.2, 0.25) is 0 Å². The first-order chi connectivity index (χ1) is 44.8. The SMILES string of the molecule is CN(C)c1cccc(OCCOc2ccc3c(c2)-c2nc-3nc3[nH]c(nc4nc(nc5[nH]c(n2)c2ccc(OCCOc6cccc(N(C)C)c6)cc52)-c2ccc(OCCOc5cccc(N(C)C)c5)cc2-4)c2ccc(OCCOc4cccc(N(C)C)c4)cc32)c1. The van der Waals surface area contributed by atoms with Crippen molar-refractivity contribution < 1.29 is 37.9 Å². The maximum atomic E-state index is 6.38. The van der Waals surface area contributed by atoms with E-state index in [1.807, 2.05) is 246 Å². The van der Waals surface area contributed by atoms with Crippen LogP contribution in [0.3, 0.4) is 0 Å². The number of nitrogens with zero attached hydrogens (tertiary/aromatic N) is 10. The van der Waals surface area contributed by atoms with Crippen molar-refractivity contribution in [3.63, 3.8) is 0 Å². The number of anilines is 4. The lowest BCUT2D eigenvalue weighted by molar-refractivity contribution is 0.217. The summed E-state index contributed by atoms with van der Waals surface area (Å²) in [6.45, 7) is 2.41. The van der Waals surface area contributed by atoms with Crippen molar-refractivity contribution in [1.82, 2.24) is 39.9 Å². The third kappa shape index (κ3) is 13.4. The summed E-state index contributed by atoms with van der Waals surface area (Å²) >= 11 is 0. The molecule has 2 N–H and O–H groups in total. The summed E-state index contributed by atoms with van der Waals surface area (Å²) in [6, 6.07) is 55.1. The largest absolute Gasteiger partial charge is 0.490 e. The molecule has 0 saturated heterocycles. The van der Waals surface area contributed by atoms with Gasteiger partial charge in [-0.05, 0) is 121 Å². The van der Waals surface area contributed by atoms with Crippen LogP contribution >= 0.6 is 0 Å². The fourth-order valence-electron chi connectivity index (χ4n) is 10.8. The summed E-state index contributed by atoms with van der Waals surface area (Å²) in [5.41, 5.74) is 9.03. The predicted molar refractivity (Wildman–Crippen MR) is 363 cm³/mol. The molecule has 0 unspecified atom stereocenters. The van der Waals surface area contributed by atoms with Gasteiger partial charge in [0.25, 0.3) is 0 Å². The molecule has 0 aliphatic carbocycles. The second-order valence-corrected chi connectivity index (χ2v) is 22.8. The Kier molecular flexibility index (Phi) is 17.1. The Balaban J connectivity index is 0.902. The molecular formula is C72H70N12O8. The highest BCUT2D eigenvalue weighted by Crippen LogP contribution is 2.41. The molecule has 3 aromatic heterocycles. The number of fused-ring (bicyclic) bond motifs is 20. The maximum absolute atomic E-state index is 6.38. The highest BCUT2D eigenvalue weighted by Gasteiger charge is 2.25. The van der Waals surface area contributed by atoms with E-state index in [9.17, 15) is 0 Å². The third-order valence-electron chi connectivity index (χ3n) is 15.5. The lowest BCUT2D eigenvalue weighted by atomic mass is 10.1. The van der Waals surface area contributed by atoms with Crippen LogP contribution in [0.25, 0.3) is 89.7 Å². The van der Waals surface area contributed by atoms with Gasteiger partial charge in [-0.3, -0.25) is 0 Å². The Bertz CT molecular complexity index is 4390. The van der Waals surface area contributed by atoms with Crippen LogP contribution in [0.1, 0.15) is 0 Å². The second kappa shape index (κ2) is 26.4. The van der Waals surface area contributed by atoms with Gasteiger partial charge in [-0.15, -0.1) is 0 Å². The van der Waals surface area contributed by atoms with Gasteiger partial charge in [0.2, 0.25) is 0 Å². The first-order valence-electron chi connectivity index (χ1n) is 30.3. The van der Waals surface area contributed by atoms with E-state index in [2.05, 4.69) is 9.97 Å². The monoisotopic (exact) mass is 1230 g/mol. The molecule has 20 nitrogen and oxygen atoms in total. The minimum absolute atomic E-state index is 0.283. The first-order valence-corrected chi connectivity index (χ1v) is 30.3. The normalized spacial score (nSPS) is 11.4. The van der Waals surface area contributed by atoms with Gasteiger partial charge in [-0.2, -0.15) is 0 Å². The Morgan fingerprint density at radius 2 is 0.500 bits per heavy atom. The molecule has 5 heterocycles. The Morgan fingerprint density at radius 1 is 0.250 bits per heavy atom. The minimum Gasteiger partial charge on any atom is -0.490 e. The van der Waals surface area contributed by atoms with Crippen LogP contribution in [-0.2, 0) is 0 Å². The summed E-state index contributed by atoms with van der Waals surface area (Å²) in [7, 11) is 16.0. The van der Waals surface area contributed by atoms with Crippen molar-refractivity contribution in [2.45, 2.75) is 0 Å². The second-order valence-electron chi connectivity index (χ2n) is 22.8. The molecule has 0 amide bonds. The maximum Gasteiger partial charge on any atom is 0.164 e. The van der Waals surface area contributed by atoms with Crippen molar-refractivity contribution in [2.75, 3.05) is 129 Å². The van der Waals surface area contributed by atoms with Gasteiger partial charge < -0.3 is 67.5 Å². The van der Waals surface area contributed by atoms with Crippen LogP contribution in [0.4, 0.5) is 22.7 Å². The molecule has 11 aromatic rings.